The molecule has 0 aliphatic carbocycles. The predicted octanol–water partition coefficient (Wildman–Crippen LogP) is 1.09. The second-order valence-electron chi connectivity index (χ2n) is 2.92. The van der Waals surface area contributed by atoms with Gasteiger partial charge in [0.1, 0.15) is 5.58 Å². The van der Waals surface area contributed by atoms with E-state index in [0.717, 1.165) is 5.56 Å². The number of fused-ring (bicyclic) bond motifs is 2. The summed E-state index contributed by atoms with van der Waals surface area (Å²) in [6.45, 7) is 0. The summed E-state index contributed by atoms with van der Waals surface area (Å²) >= 11 is 0. The van der Waals surface area contributed by atoms with Crippen molar-refractivity contribution in [2.75, 3.05) is 0 Å². The third-order valence-corrected chi connectivity index (χ3v) is 2.08. The Bertz CT molecular complexity index is 528. The standard InChI is InChI=1S/C9H5NO2/c11-9-6-3-5-1-2-7(6)12-8(4-5)10-9/h1-3H,4H2. The van der Waals surface area contributed by atoms with Gasteiger partial charge in [-0.1, -0.05) is 6.07 Å². The first kappa shape index (κ1) is 5.94. The minimum Gasteiger partial charge on any atom is -0.442 e. The minimum atomic E-state index is -0.175. The normalized spacial score (nSPS) is 13.0. The molecule has 1 aromatic heterocycles. The van der Waals surface area contributed by atoms with Gasteiger partial charge in [0, 0.05) is 6.42 Å². The van der Waals surface area contributed by atoms with Gasteiger partial charge in [0.05, 0.1) is 5.39 Å². The summed E-state index contributed by atoms with van der Waals surface area (Å²) in [6.07, 6.45) is 0.634. The van der Waals surface area contributed by atoms with Crippen LogP contribution in [-0.2, 0) is 6.42 Å². The molecule has 1 aromatic carbocycles. The molecule has 0 saturated carbocycles. The first-order valence-corrected chi connectivity index (χ1v) is 3.75. The highest BCUT2D eigenvalue weighted by molar-refractivity contribution is 5.77. The molecule has 5 rings (SSSR count). The van der Waals surface area contributed by atoms with E-state index >= 15 is 0 Å². The molecule has 4 heterocycles. The first-order chi connectivity index (χ1) is 5.83. The quantitative estimate of drug-likeness (QED) is 0.493. The van der Waals surface area contributed by atoms with E-state index in [1.807, 2.05) is 18.2 Å². The van der Waals surface area contributed by atoms with Gasteiger partial charge in [-0.2, -0.15) is 4.98 Å². The van der Waals surface area contributed by atoms with Gasteiger partial charge in [-0.15, -0.1) is 0 Å². The van der Waals surface area contributed by atoms with E-state index in [9.17, 15) is 4.79 Å². The molecular weight excluding hydrogens is 154 g/mol. The van der Waals surface area contributed by atoms with E-state index in [1.165, 1.54) is 0 Å². The van der Waals surface area contributed by atoms with Crippen molar-refractivity contribution in [1.82, 2.24) is 4.98 Å². The average molecular weight is 159 g/mol. The maximum Gasteiger partial charge on any atom is 0.283 e. The highest BCUT2D eigenvalue weighted by Crippen LogP contribution is 2.20. The average Bonchev–Trinajstić information content (AvgIpc) is 2.37. The van der Waals surface area contributed by atoms with Crippen LogP contribution >= 0.6 is 0 Å². The van der Waals surface area contributed by atoms with Crippen LogP contribution in [-0.4, -0.2) is 4.98 Å². The Morgan fingerprint density at radius 3 is 3.25 bits per heavy atom. The Morgan fingerprint density at radius 2 is 2.33 bits per heavy atom. The summed E-state index contributed by atoms with van der Waals surface area (Å²) in [7, 11) is 0. The fourth-order valence-corrected chi connectivity index (χ4v) is 1.52. The monoisotopic (exact) mass is 159 g/mol. The summed E-state index contributed by atoms with van der Waals surface area (Å²) in [6, 6.07) is 5.63. The highest BCUT2D eigenvalue weighted by Gasteiger charge is 2.12. The van der Waals surface area contributed by atoms with Gasteiger partial charge in [-0.3, -0.25) is 4.79 Å². The Hall–Kier alpha value is -1.64. The van der Waals surface area contributed by atoms with Crippen molar-refractivity contribution in [3.63, 3.8) is 0 Å². The molecule has 0 fully saturated rings. The number of benzene rings is 1. The zero-order chi connectivity index (χ0) is 8.13. The van der Waals surface area contributed by atoms with Gasteiger partial charge < -0.3 is 4.42 Å². The lowest BCUT2D eigenvalue weighted by atomic mass is 10.1. The van der Waals surface area contributed by atoms with Crippen molar-refractivity contribution in [3.05, 3.63) is 40.0 Å². The smallest absolute Gasteiger partial charge is 0.283 e. The molecule has 12 heavy (non-hydrogen) atoms. The highest BCUT2D eigenvalue weighted by atomic mass is 16.3. The third-order valence-electron chi connectivity index (χ3n) is 2.08. The molecule has 0 unspecified atom stereocenters. The molecule has 2 aromatic rings. The van der Waals surface area contributed by atoms with E-state index < -0.39 is 0 Å². The van der Waals surface area contributed by atoms with Crippen LogP contribution in [0.4, 0.5) is 0 Å². The zero-order valence-corrected chi connectivity index (χ0v) is 6.20. The molecule has 3 aliphatic rings. The van der Waals surface area contributed by atoms with Crippen LogP contribution < -0.4 is 5.56 Å². The molecular formula is C9H5NO2. The van der Waals surface area contributed by atoms with Gasteiger partial charge in [0.25, 0.3) is 5.56 Å². The molecule has 4 bridgehead atoms. The Morgan fingerprint density at radius 1 is 1.42 bits per heavy atom. The number of hydrogen-bond acceptors (Lipinski definition) is 3. The Balaban J connectivity index is 2.73. The van der Waals surface area contributed by atoms with Crippen LogP contribution in [0.2, 0.25) is 0 Å². The molecule has 0 saturated heterocycles. The predicted molar refractivity (Wildman–Crippen MR) is 43.1 cm³/mol. The number of rotatable bonds is 0. The number of nitrogens with zero attached hydrogens (tertiary/aromatic N) is 1. The maximum atomic E-state index is 11.3. The first-order valence-electron chi connectivity index (χ1n) is 3.75. The van der Waals surface area contributed by atoms with Gasteiger partial charge in [-0.05, 0) is 17.7 Å². The fourth-order valence-electron chi connectivity index (χ4n) is 1.52. The van der Waals surface area contributed by atoms with E-state index in [2.05, 4.69) is 4.98 Å². The Kier molecular flexibility index (Phi) is 0.864. The van der Waals surface area contributed by atoms with Crippen LogP contribution in [0.1, 0.15) is 11.5 Å². The van der Waals surface area contributed by atoms with Crippen LogP contribution in [0.25, 0.3) is 11.0 Å². The van der Waals surface area contributed by atoms with Gasteiger partial charge in [-0.25, -0.2) is 0 Å². The summed E-state index contributed by atoms with van der Waals surface area (Å²) in [4.78, 5) is 15.1. The topological polar surface area (TPSA) is 43.1 Å². The van der Waals surface area contributed by atoms with E-state index in [0.29, 0.717) is 23.3 Å². The summed E-state index contributed by atoms with van der Waals surface area (Å²) < 4.78 is 5.34. The SMILES string of the molecule is O=c1nc2oc3ccc(cc13)C2. The van der Waals surface area contributed by atoms with Crippen LogP contribution in [0.5, 0.6) is 0 Å². The van der Waals surface area contributed by atoms with Crippen molar-refractivity contribution in [3.8, 4) is 0 Å². The van der Waals surface area contributed by atoms with Gasteiger partial charge in [0.15, 0.2) is 0 Å². The lowest BCUT2D eigenvalue weighted by Gasteiger charge is -1.90. The van der Waals surface area contributed by atoms with Crippen molar-refractivity contribution >= 4 is 11.0 Å². The molecule has 0 atom stereocenters. The van der Waals surface area contributed by atoms with E-state index in [-0.39, 0.29) is 5.56 Å². The largest absolute Gasteiger partial charge is 0.442 e. The lowest BCUT2D eigenvalue weighted by Crippen LogP contribution is -2.05. The molecule has 0 radical (unpaired) electrons. The molecule has 3 heteroatoms. The summed E-state index contributed by atoms with van der Waals surface area (Å²) in [5.74, 6) is 0.521. The van der Waals surface area contributed by atoms with Crippen molar-refractivity contribution in [2.45, 2.75) is 6.42 Å². The second kappa shape index (κ2) is 1.75. The zero-order valence-electron chi connectivity index (χ0n) is 6.20. The van der Waals surface area contributed by atoms with E-state index in [4.69, 9.17) is 4.42 Å². The molecule has 0 spiro atoms. The number of aromatic nitrogens is 1. The Labute approximate surface area is 67.7 Å². The van der Waals surface area contributed by atoms with E-state index in [1.54, 1.807) is 0 Å². The van der Waals surface area contributed by atoms with Crippen molar-refractivity contribution in [1.29, 1.82) is 0 Å². The van der Waals surface area contributed by atoms with Crippen molar-refractivity contribution < 1.29 is 4.42 Å². The lowest BCUT2D eigenvalue weighted by molar-refractivity contribution is 0.524. The van der Waals surface area contributed by atoms with Crippen LogP contribution in [0.3, 0.4) is 0 Å². The van der Waals surface area contributed by atoms with Crippen molar-refractivity contribution in [2.24, 2.45) is 0 Å². The van der Waals surface area contributed by atoms with Crippen LogP contribution in [0, 0.1) is 0 Å². The maximum absolute atomic E-state index is 11.3. The fraction of sp³-hybridized carbons (Fsp3) is 0.111. The second-order valence-corrected chi connectivity index (χ2v) is 2.92. The molecule has 3 nitrogen and oxygen atoms in total. The van der Waals surface area contributed by atoms with Gasteiger partial charge in [0.2, 0.25) is 5.89 Å². The number of hydrogen-bond donors (Lipinski definition) is 0. The van der Waals surface area contributed by atoms with Crippen LogP contribution in [0.15, 0.2) is 27.4 Å². The summed E-state index contributed by atoms with van der Waals surface area (Å²) in [5, 5.41) is 0.591. The molecule has 0 amide bonds. The summed E-state index contributed by atoms with van der Waals surface area (Å²) in [5.41, 5.74) is 1.56. The minimum absolute atomic E-state index is 0.175. The molecule has 58 valence electrons. The molecule has 3 aliphatic heterocycles. The third kappa shape index (κ3) is 0.605. The van der Waals surface area contributed by atoms with Gasteiger partial charge >= 0.3 is 0 Å². The molecule has 0 N–H and O–H groups in total.